The minimum absolute atomic E-state index is 0.0324. The van der Waals surface area contributed by atoms with Crippen LogP contribution in [0.5, 0.6) is 0 Å². The molecule has 0 unspecified atom stereocenters. The zero-order chi connectivity index (χ0) is 17.5. The van der Waals surface area contributed by atoms with Gasteiger partial charge in [-0.25, -0.2) is 4.79 Å². The lowest BCUT2D eigenvalue weighted by Crippen LogP contribution is -2.45. The fraction of sp³-hybridized carbons (Fsp3) is 0.500. The van der Waals surface area contributed by atoms with Crippen LogP contribution in [0.1, 0.15) is 31.4 Å². The number of anilines is 1. The number of nitrogens with zero attached hydrogens (tertiary/aromatic N) is 3. The quantitative estimate of drug-likeness (QED) is 0.750. The van der Waals surface area contributed by atoms with E-state index in [1.54, 1.807) is 16.9 Å². The Labute approximate surface area is 147 Å². The van der Waals surface area contributed by atoms with Crippen LogP contribution in [0.2, 0.25) is 0 Å². The maximum absolute atomic E-state index is 12.2. The highest BCUT2D eigenvalue weighted by molar-refractivity contribution is 5.88. The SMILES string of the molecule is O=C(Nc1ccn(CCc2ccccn2)n1)N[C@@H]1CCCC[C@H]1CO. The van der Waals surface area contributed by atoms with E-state index < -0.39 is 0 Å². The minimum atomic E-state index is -0.264. The van der Waals surface area contributed by atoms with Crippen molar-refractivity contribution in [3.8, 4) is 0 Å². The predicted molar refractivity (Wildman–Crippen MR) is 95.2 cm³/mol. The summed E-state index contributed by atoms with van der Waals surface area (Å²) in [5.41, 5.74) is 1.01. The monoisotopic (exact) mass is 343 g/mol. The highest BCUT2D eigenvalue weighted by Gasteiger charge is 2.25. The normalized spacial score (nSPS) is 20.2. The standard InChI is InChI=1S/C18H25N5O2/c24-13-14-5-1-2-7-16(14)20-18(25)21-17-9-12-23(22-17)11-8-15-6-3-4-10-19-15/h3-4,6,9-10,12,14,16,24H,1-2,5,7-8,11,13H2,(H2,20,21,22,25)/t14-,16+/m0/s1. The lowest BCUT2D eigenvalue weighted by Gasteiger charge is -2.30. The molecule has 0 bridgehead atoms. The second kappa shape index (κ2) is 8.62. The first-order chi connectivity index (χ1) is 12.2. The third kappa shape index (κ3) is 5.03. The molecule has 134 valence electrons. The van der Waals surface area contributed by atoms with Gasteiger partial charge in [0.05, 0.1) is 0 Å². The topological polar surface area (TPSA) is 92.1 Å². The summed E-state index contributed by atoms with van der Waals surface area (Å²) in [6, 6.07) is 7.39. The molecule has 3 N–H and O–H groups in total. The Bertz CT molecular complexity index is 673. The molecule has 3 rings (SSSR count). The maximum Gasteiger partial charge on any atom is 0.320 e. The molecule has 2 amide bonds. The first-order valence-corrected chi connectivity index (χ1v) is 8.86. The van der Waals surface area contributed by atoms with Crippen molar-refractivity contribution < 1.29 is 9.90 Å². The number of carbonyl (C=O) groups is 1. The van der Waals surface area contributed by atoms with Gasteiger partial charge in [-0.2, -0.15) is 5.10 Å². The number of hydrogen-bond acceptors (Lipinski definition) is 4. The molecule has 2 atom stereocenters. The Morgan fingerprint density at radius 3 is 2.96 bits per heavy atom. The van der Waals surface area contributed by atoms with Crippen molar-refractivity contribution in [2.24, 2.45) is 5.92 Å². The van der Waals surface area contributed by atoms with Crippen LogP contribution >= 0.6 is 0 Å². The highest BCUT2D eigenvalue weighted by Crippen LogP contribution is 2.24. The Balaban J connectivity index is 1.48. The summed E-state index contributed by atoms with van der Waals surface area (Å²) >= 11 is 0. The number of aliphatic hydroxyl groups is 1. The fourth-order valence-electron chi connectivity index (χ4n) is 3.26. The van der Waals surface area contributed by atoms with E-state index in [1.165, 1.54) is 0 Å². The van der Waals surface area contributed by atoms with Gasteiger partial charge >= 0.3 is 6.03 Å². The molecule has 0 aliphatic heterocycles. The molecule has 2 aromatic rings. The number of amides is 2. The lowest BCUT2D eigenvalue weighted by atomic mass is 9.85. The number of urea groups is 1. The Hall–Kier alpha value is -2.41. The molecule has 2 aromatic heterocycles. The van der Waals surface area contributed by atoms with Gasteiger partial charge in [-0.05, 0) is 25.0 Å². The lowest BCUT2D eigenvalue weighted by molar-refractivity contribution is 0.156. The van der Waals surface area contributed by atoms with E-state index in [-0.39, 0.29) is 24.6 Å². The molecule has 1 aliphatic rings. The summed E-state index contributed by atoms with van der Waals surface area (Å²) in [7, 11) is 0. The molecule has 0 saturated heterocycles. The number of rotatable bonds is 6. The van der Waals surface area contributed by atoms with Gasteiger partial charge < -0.3 is 10.4 Å². The molecule has 0 radical (unpaired) electrons. The van der Waals surface area contributed by atoms with Crippen molar-refractivity contribution in [2.75, 3.05) is 11.9 Å². The first kappa shape index (κ1) is 17.4. The van der Waals surface area contributed by atoms with Gasteiger partial charge in [0.15, 0.2) is 5.82 Å². The van der Waals surface area contributed by atoms with E-state index >= 15 is 0 Å². The molecule has 1 aliphatic carbocycles. The van der Waals surface area contributed by atoms with Crippen molar-refractivity contribution in [3.63, 3.8) is 0 Å². The molecule has 25 heavy (non-hydrogen) atoms. The average molecular weight is 343 g/mol. The van der Waals surface area contributed by atoms with Gasteiger partial charge in [0.25, 0.3) is 0 Å². The van der Waals surface area contributed by atoms with Crippen LogP contribution in [0, 0.1) is 5.92 Å². The smallest absolute Gasteiger partial charge is 0.320 e. The number of hydrogen-bond donors (Lipinski definition) is 3. The van der Waals surface area contributed by atoms with E-state index in [2.05, 4.69) is 20.7 Å². The highest BCUT2D eigenvalue weighted by atomic mass is 16.3. The average Bonchev–Trinajstić information content (AvgIpc) is 3.08. The molecule has 7 heteroatoms. The van der Waals surface area contributed by atoms with Gasteiger partial charge in [0, 0.05) is 55.7 Å². The van der Waals surface area contributed by atoms with Crippen LogP contribution in [-0.2, 0) is 13.0 Å². The van der Waals surface area contributed by atoms with Crippen LogP contribution in [0.25, 0.3) is 0 Å². The molecule has 0 aromatic carbocycles. The summed E-state index contributed by atoms with van der Waals surface area (Å²) < 4.78 is 1.79. The number of carbonyl (C=O) groups excluding carboxylic acids is 1. The predicted octanol–water partition coefficient (Wildman–Crippen LogP) is 2.19. The number of aryl methyl sites for hydroxylation is 2. The van der Waals surface area contributed by atoms with Crippen molar-refractivity contribution in [3.05, 3.63) is 42.4 Å². The Morgan fingerprint density at radius 2 is 2.16 bits per heavy atom. The van der Waals surface area contributed by atoms with Gasteiger partial charge in [-0.3, -0.25) is 15.0 Å². The number of aromatic nitrogens is 3. The van der Waals surface area contributed by atoms with Crippen molar-refractivity contribution in [1.82, 2.24) is 20.1 Å². The Kier molecular flexibility index (Phi) is 6.00. The zero-order valence-electron chi connectivity index (χ0n) is 14.3. The van der Waals surface area contributed by atoms with Crippen LogP contribution in [0.4, 0.5) is 10.6 Å². The van der Waals surface area contributed by atoms with Crippen molar-refractivity contribution in [1.29, 1.82) is 0 Å². The van der Waals surface area contributed by atoms with Gasteiger partial charge in [0.2, 0.25) is 0 Å². The zero-order valence-corrected chi connectivity index (χ0v) is 14.3. The van der Waals surface area contributed by atoms with Crippen LogP contribution in [0.3, 0.4) is 0 Å². The minimum Gasteiger partial charge on any atom is -0.396 e. The molecule has 7 nitrogen and oxygen atoms in total. The van der Waals surface area contributed by atoms with E-state index in [9.17, 15) is 9.90 Å². The fourth-order valence-corrected chi connectivity index (χ4v) is 3.26. The second-order valence-corrected chi connectivity index (χ2v) is 6.47. The van der Waals surface area contributed by atoms with Gasteiger partial charge in [-0.15, -0.1) is 0 Å². The summed E-state index contributed by atoms with van der Waals surface area (Å²) in [6.07, 6.45) is 8.49. The second-order valence-electron chi connectivity index (χ2n) is 6.47. The summed E-state index contributed by atoms with van der Waals surface area (Å²) in [5, 5.41) is 19.5. The van der Waals surface area contributed by atoms with Crippen LogP contribution in [-0.4, -0.2) is 38.6 Å². The van der Waals surface area contributed by atoms with E-state index in [1.807, 2.05) is 24.4 Å². The third-order valence-corrected chi connectivity index (χ3v) is 4.67. The number of aliphatic hydroxyl groups excluding tert-OH is 1. The summed E-state index contributed by atoms with van der Waals surface area (Å²) in [4.78, 5) is 16.5. The van der Waals surface area contributed by atoms with Crippen molar-refractivity contribution in [2.45, 2.75) is 44.7 Å². The number of nitrogens with one attached hydrogen (secondary N) is 2. The van der Waals surface area contributed by atoms with E-state index in [0.29, 0.717) is 12.4 Å². The summed E-state index contributed by atoms with van der Waals surface area (Å²) in [6.45, 7) is 0.822. The largest absolute Gasteiger partial charge is 0.396 e. The van der Waals surface area contributed by atoms with Gasteiger partial charge in [-0.1, -0.05) is 18.9 Å². The molecule has 2 heterocycles. The van der Waals surface area contributed by atoms with E-state index in [4.69, 9.17) is 0 Å². The maximum atomic E-state index is 12.2. The molecule has 1 saturated carbocycles. The molecular formula is C18H25N5O2. The van der Waals surface area contributed by atoms with E-state index in [0.717, 1.165) is 37.8 Å². The van der Waals surface area contributed by atoms with Crippen LogP contribution in [0.15, 0.2) is 36.7 Å². The summed E-state index contributed by atoms with van der Waals surface area (Å²) in [5.74, 6) is 0.672. The molecule has 0 spiro atoms. The van der Waals surface area contributed by atoms with Crippen LogP contribution < -0.4 is 10.6 Å². The third-order valence-electron chi connectivity index (χ3n) is 4.67. The molecular weight excluding hydrogens is 318 g/mol. The first-order valence-electron chi connectivity index (χ1n) is 8.86. The Morgan fingerprint density at radius 1 is 1.28 bits per heavy atom. The van der Waals surface area contributed by atoms with Crippen molar-refractivity contribution >= 4 is 11.8 Å². The van der Waals surface area contributed by atoms with Gasteiger partial charge in [0.1, 0.15) is 0 Å². The number of pyridine rings is 1. The molecule has 1 fully saturated rings.